The molecule has 0 fully saturated rings. The summed E-state index contributed by atoms with van der Waals surface area (Å²) in [6, 6.07) is 16.0. The first-order chi connectivity index (χ1) is 11.2. The maximum atomic E-state index is 12.2. The molecule has 0 saturated carbocycles. The Hall–Kier alpha value is -3.14. The van der Waals surface area contributed by atoms with Crippen molar-refractivity contribution in [3.63, 3.8) is 0 Å². The molecule has 0 atom stereocenters. The van der Waals surface area contributed by atoms with Crippen molar-refractivity contribution >= 4 is 22.8 Å². The highest BCUT2D eigenvalue weighted by Gasteiger charge is 2.04. The van der Waals surface area contributed by atoms with E-state index in [4.69, 9.17) is 4.74 Å². The van der Waals surface area contributed by atoms with Crippen molar-refractivity contribution in [1.82, 2.24) is 0 Å². The first kappa shape index (κ1) is 14.8. The van der Waals surface area contributed by atoms with Gasteiger partial charge in [-0.25, -0.2) is 0 Å². The van der Waals surface area contributed by atoms with Gasteiger partial charge in [0.25, 0.3) is 0 Å². The Bertz CT molecular complexity index is 883. The van der Waals surface area contributed by atoms with Gasteiger partial charge >= 0.3 is 0 Å². The van der Waals surface area contributed by atoms with Gasteiger partial charge in [-0.2, -0.15) is 4.73 Å². The van der Waals surface area contributed by atoms with Gasteiger partial charge in [0.2, 0.25) is 5.52 Å². The van der Waals surface area contributed by atoms with Crippen LogP contribution in [-0.4, -0.2) is 12.9 Å². The van der Waals surface area contributed by atoms with Crippen LogP contribution in [0.1, 0.15) is 15.9 Å². The molecule has 0 unspecified atom stereocenters. The van der Waals surface area contributed by atoms with Crippen LogP contribution in [0.5, 0.6) is 5.75 Å². The number of carbonyl (C=O) groups is 1. The zero-order valence-corrected chi connectivity index (χ0v) is 12.6. The molecule has 0 saturated heterocycles. The van der Waals surface area contributed by atoms with Crippen molar-refractivity contribution in [2.75, 3.05) is 7.11 Å². The van der Waals surface area contributed by atoms with Gasteiger partial charge in [-0.15, -0.1) is 0 Å². The lowest BCUT2D eigenvalue weighted by molar-refractivity contribution is -0.577. The average Bonchev–Trinajstić information content (AvgIpc) is 2.60. The van der Waals surface area contributed by atoms with Crippen molar-refractivity contribution < 1.29 is 14.3 Å². The van der Waals surface area contributed by atoms with Crippen LogP contribution in [0.3, 0.4) is 0 Å². The second-order valence-corrected chi connectivity index (χ2v) is 5.08. The van der Waals surface area contributed by atoms with Crippen LogP contribution in [0.2, 0.25) is 0 Å². The van der Waals surface area contributed by atoms with Gasteiger partial charge in [0.1, 0.15) is 5.75 Å². The molecule has 0 radical (unpaired) electrons. The number of benzene rings is 2. The fourth-order valence-electron chi connectivity index (χ4n) is 2.34. The molecular weight excluding hydrogens is 290 g/mol. The number of fused-ring (bicyclic) bond motifs is 1. The van der Waals surface area contributed by atoms with Crippen molar-refractivity contribution in [2.24, 2.45) is 0 Å². The Morgan fingerprint density at radius 3 is 2.65 bits per heavy atom. The number of allylic oxidation sites excluding steroid dienone is 1. The zero-order chi connectivity index (χ0) is 16.2. The smallest absolute Gasteiger partial charge is 0.223 e. The number of methoxy groups -OCH3 is 1. The topological polar surface area (TPSA) is 53.2 Å². The Balaban J connectivity index is 1.82. The maximum absolute atomic E-state index is 12.2. The summed E-state index contributed by atoms with van der Waals surface area (Å²) >= 11 is 0. The molecule has 3 aromatic rings. The molecule has 0 bridgehead atoms. The molecule has 2 aromatic carbocycles. The molecule has 0 aliphatic carbocycles. The minimum absolute atomic E-state index is 0.0836. The van der Waals surface area contributed by atoms with E-state index in [1.165, 1.54) is 12.3 Å². The molecule has 0 aliphatic rings. The molecular formula is C19H15NO3. The normalized spacial score (nSPS) is 11.0. The second-order valence-electron chi connectivity index (χ2n) is 5.08. The van der Waals surface area contributed by atoms with Crippen molar-refractivity contribution in [3.8, 4) is 5.75 Å². The third kappa shape index (κ3) is 3.21. The summed E-state index contributed by atoms with van der Waals surface area (Å²) < 4.78 is 5.90. The number of hydrogen-bond acceptors (Lipinski definition) is 3. The Labute approximate surface area is 133 Å². The van der Waals surface area contributed by atoms with Crippen LogP contribution in [-0.2, 0) is 0 Å². The van der Waals surface area contributed by atoms with Gasteiger partial charge in [-0.3, -0.25) is 4.79 Å². The summed E-state index contributed by atoms with van der Waals surface area (Å²) in [6.07, 6.45) is 4.73. The van der Waals surface area contributed by atoms with E-state index < -0.39 is 0 Å². The number of carbonyl (C=O) groups excluding carboxylic acids is 1. The first-order valence-electron chi connectivity index (χ1n) is 7.16. The van der Waals surface area contributed by atoms with Crippen LogP contribution in [0.15, 0.2) is 66.9 Å². The molecule has 0 aliphatic heterocycles. The van der Waals surface area contributed by atoms with Gasteiger partial charge in [0, 0.05) is 23.1 Å². The number of aromatic nitrogens is 1. The monoisotopic (exact) mass is 305 g/mol. The molecule has 1 heterocycles. The fourth-order valence-corrected chi connectivity index (χ4v) is 2.34. The van der Waals surface area contributed by atoms with E-state index in [1.54, 1.807) is 49.6 Å². The van der Waals surface area contributed by atoms with Gasteiger partial charge in [0.05, 0.1) is 7.11 Å². The first-order valence-corrected chi connectivity index (χ1v) is 7.16. The van der Waals surface area contributed by atoms with Crippen LogP contribution < -0.4 is 9.47 Å². The Kier molecular flexibility index (Phi) is 4.06. The summed E-state index contributed by atoms with van der Waals surface area (Å²) in [4.78, 5) is 12.2. The lowest BCUT2D eigenvalue weighted by Gasteiger charge is -2.02. The molecule has 23 heavy (non-hydrogen) atoms. The van der Waals surface area contributed by atoms with E-state index in [-0.39, 0.29) is 5.78 Å². The Morgan fingerprint density at radius 1 is 1.13 bits per heavy atom. The second kappa shape index (κ2) is 6.32. The quantitative estimate of drug-likeness (QED) is 0.321. The molecule has 0 spiro atoms. The third-order valence-corrected chi connectivity index (χ3v) is 3.59. The number of pyridine rings is 1. The number of nitrogens with zero attached hydrogens (tertiary/aromatic N) is 1. The summed E-state index contributed by atoms with van der Waals surface area (Å²) in [5.41, 5.74) is 2.07. The van der Waals surface area contributed by atoms with E-state index in [9.17, 15) is 10.0 Å². The highest BCUT2D eigenvalue weighted by molar-refractivity contribution is 6.07. The van der Waals surface area contributed by atoms with E-state index in [2.05, 4.69) is 0 Å². The van der Waals surface area contributed by atoms with E-state index in [0.717, 1.165) is 15.7 Å². The van der Waals surface area contributed by atoms with Gasteiger partial charge < -0.3 is 9.94 Å². The van der Waals surface area contributed by atoms with Gasteiger partial charge in [-0.05, 0) is 54.1 Å². The summed E-state index contributed by atoms with van der Waals surface area (Å²) in [5.74, 6) is 0.630. The van der Waals surface area contributed by atoms with Crippen molar-refractivity contribution in [1.29, 1.82) is 0 Å². The van der Waals surface area contributed by atoms with Crippen LogP contribution in [0.25, 0.3) is 17.0 Å². The average molecular weight is 305 g/mol. The number of rotatable bonds is 4. The number of hydrogen-bond donors (Lipinski definition) is 0. The largest absolute Gasteiger partial charge is 0.618 e. The highest BCUT2D eigenvalue weighted by atomic mass is 16.5. The lowest BCUT2D eigenvalue weighted by atomic mass is 10.1. The van der Waals surface area contributed by atoms with E-state index in [1.807, 2.05) is 18.2 Å². The third-order valence-electron chi connectivity index (χ3n) is 3.59. The standard InChI is InChI=1S/C19H15NO3/c1-23-17-8-6-15(7-9-17)19(21)11-5-14-4-10-18-16(13-14)3-2-12-20(18)22/h2-13H,1H3/b11-5+. The van der Waals surface area contributed by atoms with Gasteiger partial charge in [0.15, 0.2) is 12.0 Å². The number of ether oxygens (including phenoxy) is 1. The van der Waals surface area contributed by atoms with E-state index in [0.29, 0.717) is 16.8 Å². The molecule has 1 aromatic heterocycles. The van der Waals surface area contributed by atoms with Crippen LogP contribution in [0.4, 0.5) is 0 Å². The molecule has 114 valence electrons. The fraction of sp³-hybridized carbons (Fsp3) is 0.0526. The van der Waals surface area contributed by atoms with Crippen LogP contribution >= 0.6 is 0 Å². The molecule has 3 rings (SSSR count). The summed E-state index contributed by atoms with van der Waals surface area (Å²) in [5, 5.41) is 12.5. The predicted octanol–water partition coefficient (Wildman–Crippen LogP) is 3.38. The van der Waals surface area contributed by atoms with E-state index >= 15 is 0 Å². The SMILES string of the molecule is COc1ccc(C(=O)/C=C/c2ccc3c(ccc[n+]3[O-])c2)cc1. The van der Waals surface area contributed by atoms with Crippen molar-refractivity contribution in [3.05, 3.63) is 83.2 Å². The van der Waals surface area contributed by atoms with Crippen LogP contribution in [0, 0.1) is 5.21 Å². The molecule has 4 heteroatoms. The minimum atomic E-state index is -0.0836. The maximum Gasteiger partial charge on any atom is 0.223 e. The highest BCUT2D eigenvalue weighted by Crippen LogP contribution is 2.15. The molecule has 0 N–H and O–H groups in total. The minimum Gasteiger partial charge on any atom is -0.618 e. The molecule has 4 nitrogen and oxygen atoms in total. The Morgan fingerprint density at radius 2 is 1.91 bits per heavy atom. The molecule has 0 amide bonds. The summed E-state index contributed by atoms with van der Waals surface area (Å²) in [6.45, 7) is 0. The zero-order valence-electron chi connectivity index (χ0n) is 12.6. The lowest BCUT2D eigenvalue weighted by Crippen LogP contribution is -2.25. The van der Waals surface area contributed by atoms with Crippen molar-refractivity contribution in [2.45, 2.75) is 0 Å². The van der Waals surface area contributed by atoms with Gasteiger partial charge in [-0.1, -0.05) is 6.08 Å². The summed E-state index contributed by atoms with van der Waals surface area (Å²) in [7, 11) is 1.59. The predicted molar refractivity (Wildman–Crippen MR) is 89.3 cm³/mol. The number of ketones is 1.